The zero-order valence-electron chi connectivity index (χ0n) is 11.0. The Labute approximate surface area is 113 Å². The number of hydrogen-bond donors (Lipinski definition) is 0. The molecule has 2 aromatic rings. The summed E-state index contributed by atoms with van der Waals surface area (Å²) >= 11 is 0. The summed E-state index contributed by atoms with van der Waals surface area (Å²) in [6.45, 7) is 1.68. The van der Waals surface area contributed by atoms with Crippen molar-refractivity contribution in [3.05, 3.63) is 60.2 Å². The molecule has 0 heterocycles. The van der Waals surface area contributed by atoms with Gasteiger partial charge in [0.25, 0.3) is 0 Å². The van der Waals surface area contributed by atoms with Gasteiger partial charge in [-0.25, -0.2) is 0 Å². The molecule has 0 amide bonds. The lowest BCUT2D eigenvalue weighted by Crippen LogP contribution is -2.04. The second-order valence-corrected chi connectivity index (χ2v) is 4.09. The van der Waals surface area contributed by atoms with E-state index in [0.29, 0.717) is 19.8 Å². The first-order valence-electron chi connectivity index (χ1n) is 6.27. The van der Waals surface area contributed by atoms with Crippen molar-refractivity contribution in [3.63, 3.8) is 0 Å². The van der Waals surface area contributed by atoms with Crippen molar-refractivity contribution in [2.45, 2.75) is 6.61 Å². The monoisotopic (exact) mass is 258 g/mol. The minimum atomic E-state index is 0.540. The molecule has 0 saturated carbocycles. The summed E-state index contributed by atoms with van der Waals surface area (Å²) in [6.07, 6.45) is 0. The van der Waals surface area contributed by atoms with Crippen LogP contribution < -0.4 is 9.47 Å². The highest BCUT2D eigenvalue weighted by Gasteiger charge is 1.99. The minimum absolute atomic E-state index is 0.540. The molecule has 0 aliphatic carbocycles. The predicted octanol–water partition coefficient (Wildman–Crippen LogP) is 3.29. The fourth-order valence-corrected chi connectivity index (χ4v) is 1.64. The van der Waals surface area contributed by atoms with Crippen molar-refractivity contribution < 1.29 is 14.2 Å². The number of rotatable bonds is 7. The Balaban J connectivity index is 1.88. The molecule has 0 aliphatic rings. The molecule has 2 aromatic carbocycles. The van der Waals surface area contributed by atoms with Crippen molar-refractivity contribution >= 4 is 0 Å². The van der Waals surface area contributed by atoms with Gasteiger partial charge in [-0.3, -0.25) is 0 Å². The second-order valence-electron chi connectivity index (χ2n) is 4.09. The number of hydrogen-bond acceptors (Lipinski definition) is 3. The van der Waals surface area contributed by atoms with Crippen LogP contribution in [0.1, 0.15) is 5.56 Å². The molecule has 0 saturated heterocycles. The van der Waals surface area contributed by atoms with Crippen molar-refractivity contribution in [2.24, 2.45) is 0 Å². The lowest BCUT2D eigenvalue weighted by Gasteiger charge is -2.09. The third-order valence-electron chi connectivity index (χ3n) is 2.61. The molecule has 3 nitrogen and oxygen atoms in total. The zero-order chi connectivity index (χ0) is 13.3. The van der Waals surface area contributed by atoms with Gasteiger partial charge in [-0.05, 0) is 17.7 Å². The van der Waals surface area contributed by atoms with Gasteiger partial charge in [0.2, 0.25) is 0 Å². The van der Waals surface area contributed by atoms with Gasteiger partial charge < -0.3 is 14.2 Å². The summed E-state index contributed by atoms with van der Waals surface area (Å²) in [7, 11) is 1.66. The van der Waals surface area contributed by atoms with Gasteiger partial charge >= 0.3 is 0 Å². The molecular formula is C16H18O3. The van der Waals surface area contributed by atoms with E-state index >= 15 is 0 Å². The number of methoxy groups -OCH3 is 1. The lowest BCUT2D eigenvalue weighted by atomic mass is 10.2. The average Bonchev–Trinajstić information content (AvgIpc) is 2.47. The highest BCUT2D eigenvalue weighted by atomic mass is 16.5. The van der Waals surface area contributed by atoms with E-state index in [2.05, 4.69) is 0 Å². The largest absolute Gasteiger partial charge is 0.491 e. The molecule has 0 aromatic heterocycles. The maximum atomic E-state index is 5.73. The van der Waals surface area contributed by atoms with Gasteiger partial charge in [0.1, 0.15) is 24.7 Å². The second kappa shape index (κ2) is 7.44. The molecule has 0 aliphatic heterocycles. The summed E-state index contributed by atoms with van der Waals surface area (Å²) in [4.78, 5) is 0. The normalized spacial score (nSPS) is 10.2. The molecule has 0 fully saturated rings. The maximum Gasteiger partial charge on any atom is 0.123 e. The van der Waals surface area contributed by atoms with Gasteiger partial charge in [-0.15, -0.1) is 0 Å². The first-order valence-corrected chi connectivity index (χ1v) is 6.27. The van der Waals surface area contributed by atoms with Crippen LogP contribution in [0.25, 0.3) is 0 Å². The first-order chi connectivity index (χ1) is 9.38. The van der Waals surface area contributed by atoms with Crippen LogP contribution in [-0.4, -0.2) is 20.3 Å². The van der Waals surface area contributed by atoms with E-state index in [1.807, 2.05) is 54.6 Å². The summed E-state index contributed by atoms with van der Waals surface area (Å²) in [6, 6.07) is 17.7. The molecule has 0 unspecified atom stereocenters. The van der Waals surface area contributed by atoms with E-state index < -0.39 is 0 Å². The smallest absolute Gasteiger partial charge is 0.123 e. The van der Waals surface area contributed by atoms with Crippen molar-refractivity contribution in [1.82, 2.24) is 0 Å². The quantitative estimate of drug-likeness (QED) is 0.713. The highest BCUT2D eigenvalue weighted by molar-refractivity contribution is 5.33. The van der Waals surface area contributed by atoms with Crippen molar-refractivity contribution in [2.75, 3.05) is 20.3 Å². The van der Waals surface area contributed by atoms with E-state index in [-0.39, 0.29) is 0 Å². The Kier molecular flexibility index (Phi) is 5.26. The molecule has 0 N–H and O–H groups in total. The van der Waals surface area contributed by atoms with Crippen LogP contribution in [0.3, 0.4) is 0 Å². The highest BCUT2D eigenvalue weighted by Crippen LogP contribution is 2.20. The van der Waals surface area contributed by atoms with Crippen LogP contribution in [-0.2, 0) is 11.3 Å². The molecule has 0 radical (unpaired) electrons. The molecule has 0 atom stereocenters. The van der Waals surface area contributed by atoms with Crippen LogP contribution in [0.5, 0.6) is 11.5 Å². The van der Waals surface area contributed by atoms with Gasteiger partial charge in [0.15, 0.2) is 0 Å². The maximum absolute atomic E-state index is 5.73. The number of benzene rings is 2. The third-order valence-corrected chi connectivity index (χ3v) is 2.61. The van der Waals surface area contributed by atoms with Crippen molar-refractivity contribution in [1.29, 1.82) is 0 Å². The third kappa shape index (κ3) is 4.64. The van der Waals surface area contributed by atoms with E-state index in [4.69, 9.17) is 14.2 Å². The molecule has 19 heavy (non-hydrogen) atoms. The Morgan fingerprint density at radius 2 is 1.53 bits per heavy atom. The van der Waals surface area contributed by atoms with Crippen LogP contribution in [0.2, 0.25) is 0 Å². The van der Waals surface area contributed by atoms with Crippen LogP contribution in [0.15, 0.2) is 54.6 Å². The molecule has 0 bridgehead atoms. The van der Waals surface area contributed by atoms with Gasteiger partial charge in [-0.2, -0.15) is 0 Å². The van der Waals surface area contributed by atoms with E-state index in [9.17, 15) is 0 Å². The fourth-order valence-electron chi connectivity index (χ4n) is 1.64. The summed E-state index contributed by atoms with van der Waals surface area (Å²) in [5.41, 5.74) is 1.15. The average molecular weight is 258 g/mol. The van der Waals surface area contributed by atoms with Gasteiger partial charge in [-0.1, -0.05) is 36.4 Å². The Bertz CT molecular complexity index is 482. The summed E-state index contributed by atoms with van der Waals surface area (Å²) in [5.74, 6) is 1.60. The van der Waals surface area contributed by atoms with E-state index in [1.54, 1.807) is 7.11 Å². The zero-order valence-corrected chi connectivity index (χ0v) is 11.0. The minimum Gasteiger partial charge on any atom is -0.491 e. The standard InChI is InChI=1S/C16H18O3/c1-17-10-11-18-15-8-5-9-16(12-15)19-13-14-6-3-2-4-7-14/h2-9,12H,10-11,13H2,1H3. The van der Waals surface area contributed by atoms with Crippen LogP contribution in [0.4, 0.5) is 0 Å². The lowest BCUT2D eigenvalue weighted by molar-refractivity contribution is 0.146. The molecular weight excluding hydrogens is 240 g/mol. The molecule has 3 heteroatoms. The number of ether oxygens (including phenoxy) is 3. The van der Waals surface area contributed by atoms with E-state index in [1.165, 1.54) is 0 Å². The summed E-state index contributed by atoms with van der Waals surface area (Å²) in [5, 5.41) is 0. The SMILES string of the molecule is COCCOc1cccc(OCc2ccccc2)c1. The van der Waals surface area contributed by atoms with Gasteiger partial charge in [0.05, 0.1) is 6.61 Å². The molecule has 2 rings (SSSR count). The molecule has 0 spiro atoms. The Hall–Kier alpha value is -2.00. The fraction of sp³-hybridized carbons (Fsp3) is 0.250. The van der Waals surface area contributed by atoms with Crippen LogP contribution in [0, 0.1) is 0 Å². The summed E-state index contributed by atoms with van der Waals surface area (Å²) < 4.78 is 16.2. The predicted molar refractivity (Wildman–Crippen MR) is 74.6 cm³/mol. The van der Waals surface area contributed by atoms with Gasteiger partial charge in [0, 0.05) is 13.2 Å². The topological polar surface area (TPSA) is 27.7 Å². The van der Waals surface area contributed by atoms with Crippen molar-refractivity contribution in [3.8, 4) is 11.5 Å². The van der Waals surface area contributed by atoms with Crippen LogP contribution >= 0.6 is 0 Å². The Morgan fingerprint density at radius 1 is 0.789 bits per heavy atom. The Morgan fingerprint density at radius 3 is 2.26 bits per heavy atom. The first kappa shape index (κ1) is 13.4. The molecule has 100 valence electrons. The van der Waals surface area contributed by atoms with E-state index in [0.717, 1.165) is 17.1 Å².